The van der Waals surface area contributed by atoms with Crippen LogP contribution < -0.4 is 10.1 Å². The molecule has 0 atom stereocenters. The number of carboxylic acid groups (broad SMARTS) is 1. The van der Waals surface area contributed by atoms with E-state index in [0.29, 0.717) is 18.0 Å². The Balaban J connectivity index is 2.44. The van der Waals surface area contributed by atoms with Crippen LogP contribution in [0, 0.1) is 0 Å². The fourth-order valence-electron chi connectivity index (χ4n) is 1.72. The summed E-state index contributed by atoms with van der Waals surface area (Å²) in [5.74, 6) is -0.295. The summed E-state index contributed by atoms with van der Waals surface area (Å²) in [5.41, 5.74) is 0.478. The fraction of sp³-hybridized carbons (Fsp3) is 0.308. The van der Waals surface area contributed by atoms with Gasteiger partial charge in [0.2, 0.25) is 5.69 Å². The number of rotatable bonds is 6. The molecule has 2 aromatic rings. The minimum absolute atomic E-state index is 0.107. The SMILES string of the molecule is CCCNc1nn(-c2ccccc2OC)nc1C(=O)O. The summed E-state index contributed by atoms with van der Waals surface area (Å²) in [6.07, 6.45) is 0.862. The number of methoxy groups -OCH3 is 1. The van der Waals surface area contributed by atoms with E-state index in [2.05, 4.69) is 15.5 Å². The fourth-order valence-corrected chi connectivity index (χ4v) is 1.72. The number of carbonyl (C=O) groups is 1. The molecule has 0 spiro atoms. The van der Waals surface area contributed by atoms with Gasteiger partial charge in [-0.05, 0) is 18.6 Å². The number of aromatic nitrogens is 3. The minimum atomic E-state index is -1.12. The molecule has 106 valence electrons. The molecule has 0 aliphatic heterocycles. The lowest BCUT2D eigenvalue weighted by atomic mass is 10.3. The molecular formula is C13H16N4O3. The van der Waals surface area contributed by atoms with E-state index < -0.39 is 5.97 Å². The van der Waals surface area contributed by atoms with Gasteiger partial charge in [-0.15, -0.1) is 15.0 Å². The highest BCUT2D eigenvalue weighted by molar-refractivity contribution is 5.90. The molecule has 0 unspecified atom stereocenters. The Bertz CT molecular complexity index is 609. The van der Waals surface area contributed by atoms with Crippen molar-refractivity contribution < 1.29 is 14.6 Å². The summed E-state index contributed by atoms with van der Waals surface area (Å²) >= 11 is 0. The maximum Gasteiger partial charge on any atom is 0.360 e. The van der Waals surface area contributed by atoms with Gasteiger partial charge in [-0.2, -0.15) is 0 Å². The molecule has 1 heterocycles. The Morgan fingerprint density at radius 3 is 2.80 bits per heavy atom. The smallest absolute Gasteiger partial charge is 0.360 e. The first-order chi connectivity index (χ1) is 9.67. The van der Waals surface area contributed by atoms with Crippen molar-refractivity contribution in [2.24, 2.45) is 0 Å². The Hall–Kier alpha value is -2.57. The lowest BCUT2D eigenvalue weighted by Crippen LogP contribution is -2.06. The van der Waals surface area contributed by atoms with E-state index >= 15 is 0 Å². The van der Waals surface area contributed by atoms with Crippen LogP contribution in [0.4, 0.5) is 5.82 Å². The number of anilines is 1. The highest BCUT2D eigenvalue weighted by Gasteiger charge is 2.19. The molecule has 1 aromatic carbocycles. The van der Waals surface area contributed by atoms with Crippen LogP contribution in [-0.4, -0.2) is 39.7 Å². The largest absolute Gasteiger partial charge is 0.494 e. The van der Waals surface area contributed by atoms with E-state index in [-0.39, 0.29) is 11.5 Å². The summed E-state index contributed by atoms with van der Waals surface area (Å²) in [6, 6.07) is 7.15. The maximum atomic E-state index is 11.2. The Labute approximate surface area is 116 Å². The predicted molar refractivity (Wildman–Crippen MR) is 73.7 cm³/mol. The number of nitrogens with zero attached hydrogens (tertiary/aromatic N) is 3. The number of hydrogen-bond acceptors (Lipinski definition) is 5. The monoisotopic (exact) mass is 276 g/mol. The van der Waals surface area contributed by atoms with Gasteiger partial charge in [-0.1, -0.05) is 19.1 Å². The molecule has 0 fully saturated rings. The number of carboxylic acids is 1. The van der Waals surface area contributed by atoms with E-state index in [1.807, 2.05) is 13.0 Å². The average Bonchev–Trinajstić information content (AvgIpc) is 2.89. The third kappa shape index (κ3) is 2.71. The van der Waals surface area contributed by atoms with Crippen molar-refractivity contribution in [2.75, 3.05) is 19.0 Å². The van der Waals surface area contributed by atoms with Gasteiger partial charge in [-0.25, -0.2) is 4.79 Å². The van der Waals surface area contributed by atoms with Crippen LogP contribution >= 0.6 is 0 Å². The quantitative estimate of drug-likeness (QED) is 0.836. The second kappa shape index (κ2) is 6.05. The van der Waals surface area contributed by atoms with E-state index in [0.717, 1.165) is 6.42 Å². The van der Waals surface area contributed by atoms with E-state index in [1.165, 1.54) is 11.9 Å². The van der Waals surface area contributed by atoms with Crippen LogP contribution in [0.1, 0.15) is 23.8 Å². The standard InChI is InChI=1S/C13H16N4O3/c1-3-8-14-12-11(13(18)19)15-17(16-12)9-6-4-5-7-10(9)20-2/h4-7H,3,8H2,1-2H3,(H,14,16)(H,18,19). The molecular weight excluding hydrogens is 260 g/mol. The first-order valence-electron chi connectivity index (χ1n) is 6.25. The molecule has 2 rings (SSSR count). The zero-order valence-corrected chi connectivity index (χ0v) is 11.3. The molecule has 0 bridgehead atoms. The van der Waals surface area contributed by atoms with Gasteiger partial charge in [-0.3, -0.25) is 0 Å². The molecule has 0 aliphatic carbocycles. The molecule has 0 amide bonds. The van der Waals surface area contributed by atoms with Gasteiger partial charge in [0.1, 0.15) is 11.4 Å². The van der Waals surface area contributed by atoms with Crippen LogP contribution in [0.25, 0.3) is 5.69 Å². The Morgan fingerprint density at radius 1 is 1.40 bits per heavy atom. The summed E-state index contributed by atoms with van der Waals surface area (Å²) in [6.45, 7) is 2.61. The van der Waals surface area contributed by atoms with Crippen LogP contribution in [0.15, 0.2) is 24.3 Å². The van der Waals surface area contributed by atoms with Crippen molar-refractivity contribution in [1.82, 2.24) is 15.0 Å². The van der Waals surface area contributed by atoms with Crippen LogP contribution in [0.5, 0.6) is 5.75 Å². The van der Waals surface area contributed by atoms with Crippen molar-refractivity contribution >= 4 is 11.8 Å². The summed E-state index contributed by atoms with van der Waals surface area (Å²) < 4.78 is 5.22. The third-order valence-electron chi connectivity index (χ3n) is 2.66. The zero-order chi connectivity index (χ0) is 14.5. The Morgan fingerprint density at radius 2 is 2.15 bits per heavy atom. The molecule has 1 aromatic heterocycles. The number of aromatic carboxylic acids is 1. The first-order valence-corrected chi connectivity index (χ1v) is 6.25. The second-order valence-electron chi connectivity index (χ2n) is 4.09. The van der Waals surface area contributed by atoms with Gasteiger partial charge in [0.25, 0.3) is 0 Å². The van der Waals surface area contributed by atoms with E-state index in [1.54, 1.807) is 18.2 Å². The van der Waals surface area contributed by atoms with Gasteiger partial charge in [0.15, 0.2) is 5.82 Å². The minimum Gasteiger partial charge on any atom is -0.494 e. The number of ether oxygens (including phenoxy) is 1. The van der Waals surface area contributed by atoms with Crippen LogP contribution in [-0.2, 0) is 0 Å². The summed E-state index contributed by atoms with van der Waals surface area (Å²) in [4.78, 5) is 12.5. The lowest BCUT2D eigenvalue weighted by Gasteiger charge is -2.05. The van der Waals surface area contributed by atoms with E-state index in [9.17, 15) is 4.79 Å². The van der Waals surface area contributed by atoms with Crippen LogP contribution in [0.2, 0.25) is 0 Å². The topological polar surface area (TPSA) is 89.3 Å². The van der Waals surface area contributed by atoms with Gasteiger partial charge in [0, 0.05) is 6.54 Å². The number of nitrogens with one attached hydrogen (secondary N) is 1. The molecule has 7 nitrogen and oxygen atoms in total. The maximum absolute atomic E-state index is 11.2. The summed E-state index contributed by atoms with van der Waals surface area (Å²) in [7, 11) is 1.54. The molecule has 20 heavy (non-hydrogen) atoms. The molecule has 0 saturated carbocycles. The molecule has 0 saturated heterocycles. The zero-order valence-electron chi connectivity index (χ0n) is 11.3. The normalized spacial score (nSPS) is 10.3. The highest BCUT2D eigenvalue weighted by Crippen LogP contribution is 2.22. The molecule has 7 heteroatoms. The predicted octanol–water partition coefficient (Wildman–Crippen LogP) is 1.80. The van der Waals surface area contributed by atoms with Crippen molar-refractivity contribution in [3.8, 4) is 11.4 Å². The number of benzene rings is 1. The Kier molecular flexibility index (Phi) is 4.19. The van der Waals surface area contributed by atoms with Gasteiger partial charge < -0.3 is 15.2 Å². The molecule has 2 N–H and O–H groups in total. The van der Waals surface area contributed by atoms with E-state index in [4.69, 9.17) is 9.84 Å². The van der Waals surface area contributed by atoms with Crippen LogP contribution in [0.3, 0.4) is 0 Å². The van der Waals surface area contributed by atoms with Gasteiger partial charge >= 0.3 is 5.97 Å². The van der Waals surface area contributed by atoms with Crippen molar-refractivity contribution in [3.05, 3.63) is 30.0 Å². The second-order valence-corrected chi connectivity index (χ2v) is 4.09. The average molecular weight is 276 g/mol. The lowest BCUT2D eigenvalue weighted by molar-refractivity contribution is 0.0691. The first kappa shape index (κ1) is 13.9. The summed E-state index contributed by atoms with van der Waals surface area (Å²) in [5, 5.41) is 20.3. The van der Waals surface area contributed by atoms with Crippen molar-refractivity contribution in [3.63, 3.8) is 0 Å². The molecule has 0 radical (unpaired) electrons. The van der Waals surface area contributed by atoms with Crippen molar-refractivity contribution in [1.29, 1.82) is 0 Å². The molecule has 0 aliphatic rings. The van der Waals surface area contributed by atoms with Crippen molar-refractivity contribution in [2.45, 2.75) is 13.3 Å². The third-order valence-corrected chi connectivity index (χ3v) is 2.66. The van der Waals surface area contributed by atoms with Gasteiger partial charge in [0.05, 0.1) is 7.11 Å². The number of para-hydroxylation sites is 2. The highest BCUT2D eigenvalue weighted by atomic mass is 16.5. The number of hydrogen-bond donors (Lipinski definition) is 2.